The predicted octanol–water partition coefficient (Wildman–Crippen LogP) is 1.86. The molecule has 0 saturated carbocycles. The molecule has 3 aliphatic rings. The number of piperidine rings is 1. The van der Waals surface area contributed by atoms with Gasteiger partial charge in [-0.15, -0.1) is 0 Å². The molecule has 6 heteroatoms. The minimum Gasteiger partial charge on any atom is -0.370 e. The molecule has 2 atom stereocenters. The van der Waals surface area contributed by atoms with E-state index in [4.69, 9.17) is 5.73 Å². The Morgan fingerprint density at radius 2 is 1.56 bits per heavy atom. The molecule has 0 radical (unpaired) electrons. The van der Waals surface area contributed by atoms with Gasteiger partial charge in [0, 0.05) is 13.0 Å². The molecular formula is C21H31N3O3. The van der Waals surface area contributed by atoms with Crippen LogP contribution in [0.1, 0.15) is 44.9 Å². The number of unbranched alkanes of at least 4 members (excludes halogenated alkanes) is 1. The van der Waals surface area contributed by atoms with Gasteiger partial charge in [-0.1, -0.05) is 24.3 Å². The van der Waals surface area contributed by atoms with Crippen molar-refractivity contribution in [2.24, 2.45) is 23.5 Å². The van der Waals surface area contributed by atoms with Gasteiger partial charge >= 0.3 is 0 Å². The quantitative estimate of drug-likeness (QED) is 0.494. The van der Waals surface area contributed by atoms with Gasteiger partial charge in [-0.2, -0.15) is 0 Å². The Bertz CT molecular complexity index is 590. The largest absolute Gasteiger partial charge is 0.370 e. The van der Waals surface area contributed by atoms with Gasteiger partial charge in [0.15, 0.2) is 0 Å². The molecule has 0 aromatic heterocycles. The molecule has 2 fully saturated rings. The van der Waals surface area contributed by atoms with Crippen LogP contribution < -0.4 is 5.73 Å². The van der Waals surface area contributed by atoms with Crippen LogP contribution in [0.2, 0.25) is 0 Å². The minimum absolute atomic E-state index is 0.0395. The lowest BCUT2D eigenvalue weighted by molar-refractivity contribution is -0.139. The lowest BCUT2D eigenvalue weighted by atomic mass is 9.91. The van der Waals surface area contributed by atoms with Crippen molar-refractivity contribution >= 4 is 17.7 Å². The van der Waals surface area contributed by atoms with Crippen LogP contribution in [0.25, 0.3) is 0 Å². The number of hydrogen-bond acceptors (Lipinski definition) is 4. The van der Waals surface area contributed by atoms with Crippen LogP contribution in [0.4, 0.5) is 0 Å². The van der Waals surface area contributed by atoms with E-state index < -0.39 is 0 Å². The van der Waals surface area contributed by atoms with Crippen LogP contribution >= 0.6 is 0 Å². The maximum Gasteiger partial charge on any atom is 0.237 e. The topological polar surface area (TPSA) is 83.7 Å². The molecule has 0 bridgehead atoms. The Labute approximate surface area is 161 Å². The van der Waals surface area contributed by atoms with Gasteiger partial charge in [0.2, 0.25) is 17.7 Å². The van der Waals surface area contributed by atoms with Crippen LogP contribution in [-0.2, 0) is 14.4 Å². The first-order valence-electron chi connectivity index (χ1n) is 10.3. The number of imide groups is 1. The van der Waals surface area contributed by atoms with E-state index in [0.29, 0.717) is 18.9 Å². The predicted molar refractivity (Wildman–Crippen MR) is 103 cm³/mol. The van der Waals surface area contributed by atoms with Crippen molar-refractivity contribution in [3.8, 4) is 0 Å². The summed E-state index contributed by atoms with van der Waals surface area (Å²) in [6, 6.07) is 0. The number of allylic oxidation sites excluding steroid dienone is 2. The number of hydrogen-bond donors (Lipinski definition) is 1. The highest BCUT2D eigenvalue weighted by molar-refractivity contribution is 6.07. The molecule has 27 heavy (non-hydrogen) atoms. The van der Waals surface area contributed by atoms with E-state index in [-0.39, 0.29) is 29.6 Å². The Morgan fingerprint density at radius 1 is 0.963 bits per heavy atom. The summed E-state index contributed by atoms with van der Waals surface area (Å²) >= 11 is 0. The van der Waals surface area contributed by atoms with Crippen molar-refractivity contribution < 1.29 is 14.4 Å². The van der Waals surface area contributed by atoms with Gasteiger partial charge in [0.1, 0.15) is 0 Å². The van der Waals surface area contributed by atoms with Crippen molar-refractivity contribution in [3.05, 3.63) is 24.3 Å². The summed E-state index contributed by atoms with van der Waals surface area (Å²) in [4.78, 5) is 39.5. The van der Waals surface area contributed by atoms with E-state index in [2.05, 4.69) is 4.90 Å². The van der Waals surface area contributed by atoms with E-state index in [1.54, 1.807) is 0 Å². The van der Waals surface area contributed by atoms with Gasteiger partial charge in [-0.3, -0.25) is 19.3 Å². The highest BCUT2D eigenvalue weighted by atomic mass is 16.2. The summed E-state index contributed by atoms with van der Waals surface area (Å²) in [5, 5.41) is 0. The lowest BCUT2D eigenvalue weighted by Gasteiger charge is -2.32. The maximum absolute atomic E-state index is 12.4. The molecule has 148 valence electrons. The van der Waals surface area contributed by atoms with Gasteiger partial charge in [0.25, 0.3) is 0 Å². The first kappa shape index (κ1) is 19.8. The molecule has 0 spiro atoms. The number of amides is 3. The third-order valence-corrected chi connectivity index (χ3v) is 6.09. The molecule has 0 aromatic rings. The second-order valence-corrected chi connectivity index (χ2v) is 8.00. The van der Waals surface area contributed by atoms with Gasteiger partial charge in [0.05, 0.1) is 11.8 Å². The van der Waals surface area contributed by atoms with Crippen LogP contribution in [0.15, 0.2) is 24.3 Å². The van der Waals surface area contributed by atoms with Crippen molar-refractivity contribution in [2.45, 2.75) is 44.9 Å². The summed E-state index contributed by atoms with van der Waals surface area (Å²) < 4.78 is 0. The number of carbonyl (C=O) groups excluding carboxylic acids is 3. The summed E-state index contributed by atoms with van der Waals surface area (Å²) in [6.45, 7) is 3.76. The van der Waals surface area contributed by atoms with E-state index in [1.165, 1.54) is 17.7 Å². The zero-order valence-corrected chi connectivity index (χ0v) is 16.0. The Hall–Kier alpha value is -1.95. The molecule has 2 aliphatic heterocycles. The number of carbonyl (C=O) groups is 3. The standard InChI is InChI=1S/C21H31N3O3/c22-19(25)9-5-6-16-10-14-23(15-11-16)12-3-4-13-24-20(26)17-7-1-2-8-18(17)21(24)27/h1-2,7-8,16-18H,3-6,9-15H2,(H2,22,25). The average molecular weight is 373 g/mol. The highest BCUT2D eigenvalue weighted by Gasteiger charge is 2.45. The summed E-state index contributed by atoms with van der Waals surface area (Å²) in [5.41, 5.74) is 5.20. The number of fused-ring (bicyclic) bond motifs is 1. The highest BCUT2D eigenvalue weighted by Crippen LogP contribution is 2.31. The lowest BCUT2D eigenvalue weighted by Crippen LogP contribution is -2.35. The molecule has 2 unspecified atom stereocenters. The van der Waals surface area contributed by atoms with Gasteiger partial charge < -0.3 is 10.6 Å². The fourth-order valence-corrected chi connectivity index (χ4v) is 4.44. The Balaban J connectivity index is 1.30. The number of nitrogens with two attached hydrogens (primary N) is 1. The zero-order chi connectivity index (χ0) is 19.2. The van der Waals surface area contributed by atoms with Gasteiger partial charge in [-0.05, 0) is 64.1 Å². The van der Waals surface area contributed by atoms with Crippen molar-refractivity contribution in [1.82, 2.24) is 9.80 Å². The normalized spacial score (nSPS) is 26.0. The van der Waals surface area contributed by atoms with Crippen LogP contribution in [-0.4, -0.2) is 53.7 Å². The van der Waals surface area contributed by atoms with E-state index >= 15 is 0 Å². The summed E-state index contributed by atoms with van der Waals surface area (Å²) in [6.07, 6.45) is 14.1. The van der Waals surface area contributed by atoms with E-state index in [0.717, 1.165) is 45.3 Å². The van der Waals surface area contributed by atoms with Crippen molar-refractivity contribution in [3.63, 3.8) is 0 Å². The third kappa shape index (κ3) is 5.06. The second-order valence-electron chi connectivity index (χ2n) is 8.00. The van der Waals surface area contributed by atoms with E-state index in [1.807, 2.05) is 24.3 Å². The molecule has 2 saturated heterocycles. The van der Waals surface area contributed by atoms with Crippen LogP contribution in [0, 0.1) is 17.8 Å². The third-order valence-electron chi connectivity index (χ3n) is 6.09. The second kappa shape index (κ2) is 9.31. The Morgan fingerprint density at radius 3 is 2.15 bits per heavy atom. The van der Waals surface area contributed by atoms with Crippen molar-refractivity contribution in [2.75, 3.05) is 26.2 Å². The first-order valence-corrected chi connectivity index (χ1v) is 10.3. The molecule has 3 rings (SSSR count). The smallest absolute Gasteiger partial charge is 0.237 e. The van der Waals surface area contributed by atoms with E-state index in [9.17, 15) is 14.4 Å². The number of likely N-dealkylation sites (tertiary alicyclic amines) is 2. The minimum atomic E-state index is -0.281. The molecule has 2 N–H and O–H groups in total. The average Bonchev–Trinajstić information content (AvgIpc) is 2.91. The number of primary amides is 1. The molecule has 2 heterocycles. The monoisotopic (exact) mass is 373 g/mol. The fourth-order valence-electron chi connectivity index (χ4n) is 4.44. The maximum atomic E-state index is 12.4. The fraction of sp³-hybridized carbons (Fsp3) is 0.667. The molecule has 1 aliphatic carbocycles. The first-order chi connectivity index (χ1) is 13.1. The van der Waals surface area contributed by atoms with Crippen LogP contribution in [0.5, 0.6) is 0 Å². The zero-order valence-electron chi connectivity index (χ0n) is 16.0. The number of rotatable bonds is 9. The summed E-state index contributed by atoms with van der Waals surface area (Å²) in [5.74, 6) is -0.129. The summed E-state index contributed by atoms with van der Waals surface area (Å²) in [7, 11) is 0. The van der Waals surface area contributed by atoms with Crippen molar-refractivity contribution in [1.29, 1.82) is 0 Å². The molecule has 6 nitrogen and oxygen atoms in total. The molecular weight excluding hydrogens is 342 g/mol. The SMILES string of the molecule is NC(=O)CCCC1CCN(CCCCN2C(=O)C3C=CC=CC3C2=O)CC1. The van der Waals surface area contributed by atoms with Crippen LogP contribution in [0.3, 0.4) is 0 Å². The molecule has 0 aromatic carbocycles. The molecule has 3 amide bonds. The van der Waals surface area contributed by atoms with Gasteiger partial charge in [-0.25, -0.2) is 0 Å². The number of nitrogens with zero attached hydrogens (tertiary/aromatic N) is 2. The Kier molecular flexibility index (Phi) is 6.83.